The SMILES string of the molecule is Cc1ccc(CNC(=O)NCc2cccc(NC(=O)C3CCC3)c2)cc1. The summed E-state index contributed by atoms with van der Waals surface area (Å²) in [6.07, 6.45) is 3.10. The van der Waals surface area contributed by atoms with E-state index in [0.717, 1.165) is 36.1 Å². The quantitative estimate of drug-likeness (QED) is 0.742. The van der Waals surface area contributed by atoms with Gasteiger partial charge < -0.3 is 16.0 Å². The Kier molecular flexibility index (Phi) is 5.89. The molecule has 0 heterocycles. The van der Waals surface area contributed by atoms with Gasteiger partial charge >= 0.3 is 6.03 Å². The smallest absolute Gasteiger partial charge is 0.315 e. The second-order valence-corrected chi connectivity index (χ2v) is 6.84. The second kappa shape index (κ2) is 8.52. The van der Waals surface area contributed by atoms with Crippen LogP contribution in [0.25, 0.3) is 0 Å². The van der Waals surface area contributed by atoms with E-state index in [4.69, 9.17) is 0 Å². The van der Waals surface area contributed by atoms with E-state index in [9.17, 15) is 9.59 Å². The van der Waals surface area contributed by atoms with E-state index in [1.54, 1.807) is 0 Å². The minimum atomic E-state index is -0.213. The molecule has 2 aromatic rings. The molecule has 0 aromatic heterocycles. The first-order valence-electron chi connectivity index (χ1n) is 9.07. The van der Waals surface area contributed by atoms with Crippen molar-refractivity contribution >= 4 is 17.6 Å². The van der Waals surface area contributed by atoms with Gasteiger partial charge in [-0.15, -0.1) is 0 Å². The molecule has 0 unspecified atom stereocenters. The highest BCUT2D eigenvalue weighted by atomic mass is 16.2. The van der Waals surface area contributed by atoms with Crippen molar-refractivity contribution in [3.63, 3.8) is 0 Å². The summed E-state index contributed by atoms with van der Waals surface area (Å²) < 4.78 is 0. The lowest BCUT2D eigenvalue weighted by Crippen LogP contribution is -2.34. The van der Waals surface area contributed by atoms with Crippen LogP contribution in [0.2, 0.25) is 0 Å². The van der Waals surface area contributed by atoms with Crippen LogP contribution in [0.3, 0.4) is 0 Å². The van der Waals surface area contributed by atoms with Crippen molar-refractivity contribution in [1.82, 2.24) is 10.6 Å². The number of hydrogen-bond acceptors (Lipinski definition) is 2. The van der Waals surface area contributed by atoms with E-state index in [1.165, 1.54) is 5.56 Å². The maximum absolute atomic E-state index is 12.0. The highest BCUT2D eigenvalue weighted by molar-refractivity contribution is 5.93. The van der Waals surface area contributed by atoms with Gasteiger partial charge in [-0.2, -0.15) is 0 Å². The largest absolute Gasteiger partial charge is 0.334 e. The topological polar surface area (TPSA) is 70.2 Å². The number of amides is 3. The van der Waals surface area contributed by atoms with Crippen molar-refractivity contribution in [2.75, 3.05) is 5.32 Å². The summed E-state index contributed by atoms with van der Waals surface area (Å²) >= 11 is 0. The lowest BCUT2D eigenvalue weighted by atomic mass is 9.85. The molecule has 1 aliphatic carbocycles. The molecule has 0 saturated heterocycles. The van der Waals surface area contributed by atoms with Gasteiger partial charge in [0.05, 0.1) is 0 Å². The summed E-state index contributed by atoms with van der Waals surface area (Å²) in [5.74, 6) is 0.251. The van der Waals surface area contributed by atoms with Gasteiger partial charge in [0.15, 0.2) is 0 Å². The number of urea groups is 1. The number of benzene rings is 2. The summed E-state index contributed by atoms with van der Waals surface area (Å²) in [5.41, 5.74) is 3.98. The summed E-state index contributed by atoms with van der Waals surface area (Å²) in [5, 5.41) is 8.65. The van der Waals surface area contributed by atoms with Gasteiger partial charge in [0, 0.05) is 24.7 Å². The number of carbonyl (C=O) groups excluding carboxylic acids is 2. The van der Waals surface area contributed by atoms with E-state index in [-0.39, 0.29) is 17.9 Å². The van der Waals surface area contributed by atoms with Crippen molar-refractivity contribution in [1.29, 1.82) is 0 Å². The minimum Gasteiger partial charge on any atom is -0.334 e. The highest BCUT2D eigenvalue weighted by Gasteiger charge is 2.25. The van der Waals surface area contributed by atoms with E-state index in [1.807, 2.05) is 55.5 Å². The molecule has 0 radical (unpaired) electrons. The lowest BCUT2D eigenvalue weighted by Gasteiger charge is -2.24. The van der Waals surface area contributed by atoms with Crippen molar-refractivity contribution in [2.45, 2.75) is 39.3 Å². The number of anilines is 1. The first kappa shape index (κ1) is 18.0. The molecule has 1 fully saturated rings. The maximum Gasteiger partial charge on any atom is 0.315 e. The molecule has 5 heteroatoms. The molecule has 5 nitrogen and oxygen atoms in total. The van der Waals surface area contributed by atoms with Gasteiger partial charge in [-0.3, -0.25) is 4.79 Å². The summed E-state index contributed by atoms with van der Waals surface area (Å²) in [4.78, 5) is 24.0. The second-order valence-electron chi connectivity index (χ2n) is 6.84. The van der Waals surface area contributed by atoms with E-state index >= 15 is 0 Å². The molecular weight excluding hydrogens is 326 g/mol. The zero-order chi connectivity index (χ0) is 18.4. The Morgan fingerprint density at radius 2 is 1.65 bits per heavy atom. The molecule has 0 atom stereocenters. The Hall–Kier alpha value is -2.82. The number of carbonyl (C=O) groups is 2. The Balaban J connectivity index is 1.44. The zero-order valence-corrected chi connectivity index (χ0v) is 15.0. The van der Waals surface area contributed by atoms with Crippen LogP contribution >= 0.6 is 0 Å². The molecule has 0 spiro atoms. The van der Waals surface area contributed by atoms with Crippen LogP contribution in [0.5, 0.6) is 0 Å². The monoisotopic (exact) mass is 351 g/mol. The molecule has 3 rings (SSSR count). The fraction of sp³-hybridized carbons (Fsp3) is 0.333. The third kappa shape index (κ3) is 5.09. The van der Waals surface area contributed by atoms with Gasteiger partial charge in [0.1, 0.15) is 0 Å². The Morgan fingerprint density at radius 3 is 2.31 bits per heavy atom. The zero-order valence-electron chi connectivity index (χ0n) is 15.0. The normalized spacial score (nSPS) is 13.6. The van der Waals surface area contributed by atoms with Crippen LogP contribution < -0.4 is 16.0 Å². The summed E-state index contributed by atoms with van der Waals surface area (Å²) in [7, 11) is 0. The van der Waals surface area contributed by atoms with Crippen LogP contribution in [-0.2, 0) is 17.9 Å². The van der Waals surface area contributed by atoms with Crippen LogP contribution in [0.15, 0.2) is 48.5 Å². The number of hydrogen-bond donors (Lipinski definition) is 3. The summed E-state index contributed by atoms with van der Waals surface area (Å²) in [6, 6.07) is 15.4. The first-order valence-corrected chi connectivity index (χ1v) is 9.07. The minimum absolute atomic E-state index is 0.0946. The van der Waals surface area contributed by atoms with E-state index < -0.39 is 0 Å². The molecule has 0 aliphatic heterocycles. The van der Waals surface area contributed by atoms with E-state index in [0.29, 0.717) is 13.1 Å². The lowest BCUT2D eigenvalue weighted by molar-refractivity contribution is -0.122. The molecule has 26 heavy (non-hydrogen) atoms. The van der Waals surface area contributed by atoms with Gasteiger partial charge in [-0.05, 0) is 43.0 Å². The van der Waals surface area contributed by atoms with Gasteiger partial charge in [0.25, 0.3) is 0 Å². The first-order chi connectivity index (χ1) is 12.6. The van der Waals surface area contributed by atoms with Crippen LogP contribution in [-0.4, -0.2) is 11.9 Å². The third-order valence-corrected chi connectivity index (χ3v) is 4.70. The highest BCUT2D eigenvalue weighted by Crippen LogP contribution is 2.27. The number of rotatable bonds is 6. The maximum atomic E-state index is 12.0. The average molecular weight is 351 g/mol. The van der Waals surface area contributed by atoms with Crippen molar-refractivity contribution in [3.05, 3.63) is 65.2 Å². The van der Waals surface area contributed by atoms with Crippen LogP contribution in [0.4, 0.5) is 10.5 Å². The fourth-order valence-corrected chi connectivity index (χ4v) is 2.81. The van der Waals surface area contributed by atoms with Crippen molar-refractivity contribution in [3.8, 4) is 0 Å². The van der Waals surface area contributed by atoms with Crippen molar-refractivity contribution in [2.24, 2.45) is 5.92 Å². The molecule has 136 valence electrons. The van der Waals surface area contributed by atoms with Crippen LogP contribution in [0, 0.1) is 12.8 Å². The molecule has 3 N–H and O–H groups in total. The van der Waals surface area contributed by atoms with Gasteiger partial charge in [0.2, 0.25) is 5.91 Å². The Morgan fingerprint density at radius 1 is 0.962 bits per heavy atom. The molecule has 2 aromatic carbocycles. The number of nitrogens with one attached hydrogen (secondary N) is 3. The standard InChI is InChI=1S/C21H25N3O2/c1-15-8-10-16(11-9-15)13-22-21(26)23-14-17-4-2-7-19(12-17)24-20(25)18-5-3-6-18/h2,4,7-12,18H,3,5-6,13-14H2,1H3,(H,24,25)(H2,22,23,26). The molecular formula is C21H25N3O2. The molecule has 0 bridgehead atoms. The summed E-state index contributed by atoms with van der Waals surface area (Å²) in [6.45, 7) is 2.93. The molecule has 3 amide bonds. The fourth-order valence-electron chi connectivity index (χ4n) is 2.81. The predicted molar refractivity (Wildman–Crippen MR) is 103 cm³/mol. The van der Waals surface area contributed by atoms with E-state index in [2.05, 4.69) is 16.0 Å². The molecule has 1 saturated carbocycles. The Labute approximate surface area is 154 Å². The molecule has 1 aliphatic rings. The van der Waals surface area contributed by atoms with Gasteiger partial charge in [-0.25, -0.2) is 4.79 Å². The van der Waals surface area contributed by atoms with Gasteiger partial charge in [-0.1, -0.05) is 48.4 Å². The van der Waals surface area contributed by atoms with Crippen molar-refractivity contribution < 1.29 is 9.59 Å². The third-order valence-electron chi connectivity index (χ3n) is 4.70. The van der Waals surface area contributed by atoms with Crippen LogP contribution in [0.1, 0.15) is 36.0 Å². The predicted octanol–water partition coefficient (Wildman–Crippen LogP) is 3.73. The number of aryl methyl sites for hydroxylation is 1. The average Bonchev–Trinajstić information content (AvgIpc) is 2.58. The Bertz CT molecular complexity index is 767.